The fourth-order valence-corrected chi connectivity index (χ4v) is 3.84. The number of rotatable bonds is 24. The van der Waals surface area contributed by atoms with Gasteiger partial charge in [-0.2, -0.15) is 0 Å². The van der Waals surface area contributed by atoms with Gasteiger partial charge in [0.2, 0.25) is 0 Å². The lowest BCUT2D eigenvalue weighted by atomic mass is 10.0. The third-order valence-electron chi connectivity index (χ3n) is 6.42. The zero-order chi connectivity index (χ0) is 24.6. The summed E-state index contributed by atoms with van der Waals surface area (Å²) in [4.78, 5) is 23.8. The van der Waals surface area contributed by atoms with Gasteiger partial charge in [-0.3, -0.25) is 9.59 Å². The van der Waals surface area contributed by atoms with E-state index >= 15 is 0 Å². The summed E-state index contributed by atoms with van der Waals surface area (Å²) >= 11 is 0. The van der Waals surface area contributed by atoms with Crippen molar-refractivity contribution in [3.05, 3.63) is 0 Å². The molecule has 0 saturated carbocycles. The van der Waals surface area contributed by atoms with Gasteiger partial charge in [0.1, 0.15) is 6.10 Å². The first-order valence-corrected chi connectivity index (χ1v) is 13.8. The van der Waals surface area contributed by atoms with Crippen LogP contribution in [0.1, 0.15) is 136 Å². The van der Waals surface area contributed by atoms with Crippen LogP contribution in [0.15, 0.2) is 0 Å². The molecule has 0 amide bonds. The van der Waals surface area contributed by atoms with Crippen molar-refractivity contribution in [1.82, 2.24) is 0 Å². The summed E-state index contributed by atoms with van der Waals surface area (Å²) in [5, 5.41) is 0. The van der Waals surface area contributed by atoms with Crippen molar-refractivity contribution in [3.63, 3.8) is 0 Å². The quantitative estimate of drug-likeness (QED) is 0.106. The van der Waals surface area contributed by atoms with E-state index in [9.17, 15) is 9.59 Å². The Morgan fingerprint density at radius 1 is 0.636 bits per heavy atom. The SMILES string of the molecule is CCCCCCCCCCCCCCOC(=O)CCCCCC(=O)OC(C)C(C)CCOC. The van der Waals surface area contributed by atoms with Crippen molar-refractivity contribution in [2.75, 3.05) is 20.3 Å². The Hall–Kier alpha value is -1.10. The van der Waals surface area contributed by atoms with Crippen LogP contribution < -0.4 is 0 Å². The zero-order valence-corrected chi connectivity index (χ0v) is 22.3. The normalized spacial score (nSPS) is 13.0. The van der Waals surface area contributed by atoms with Crippen molar-refractivity contribution in [2.24, 2.45) is 5.92 Å². The molecule has 2 atom stereocenters. The maximum atomic E-state index is 11.9. The Morgan fingerprint density at radius 2 is 1.12 bits per heavy atom. The smallest absolute Gasteiger partial charge is 0.306 e. The number of carbonyl (C=O) groups excluding carboxylic acids is 2. The summed E-state index contributed by atoms with van der Waals surface area (Å²) in [6.45, 7) is 7.49. The Balaban J connectivity index is 3.42. The number of methoxy groups -OCH3 is 1. The molecule has 5 heteroatoms. The van der Waals surface area contributed by atoms with E-state index in [0.29, 0.717) is 26.1 Å². The third kappa shape index (κ3) is 22.5. The highest BCUT2D eigenvalue weighted by Gasteiger charge is 2.16. The minimum absolute atomic E-state index is 0.0945. The number of hydrogen-bond donors (Lipinski definition) is 0. The lowest BCUT2D eigenvalue weighted by Gasteiger charge is -2.20. The lowest BCUT2D eigenvalue weighted by molar-refractivity contribution is -0.151. The van der Waals surface area contributed by atoms with Gasteiger partial charge in [0.05, 0.1) is 6.61 Å². The van der Waals surface area contributed by atoms with Crippen molar-refractivity contribution < 1.29 is 23.8 Å². The van der Waals surface area contributed by atoms with Crippen molar-refractivity contribution >= 4 is 11.9 Å². The van der Waals surface area contributed by atoms with Gasteiger partial charge < -0.3 is 14.2 Å². The Morgan fingerprint density at radius 3 is 1.67 bits per heavy atom. The van der Waals surface area contributed by atoms with Gasteiger partial charge >= 0.3 is 11.9 Å². The topological polar surface area (TPSA) is 61.8 Å². The lowest BCUT2D eigenvalue weighted by Crippen LogP contribution is -2.23. The molecular formula is C28H54O5. The maximum absolute atomic E-state index is 11.9. The molecule has 0 heterocycles. The molecular weight excluding hydrogens is 416 g/mol. The van der Waals surface area contributed by atoms with Gasteiger partial charge in [-0.05, 0) is 38.5 Å². The van der Waals surface area contributed by atoms with Crippen molar-refractivity contribution in [2.45, 2.75) is 142 Å². The molecule has 0 saturated heterocycles. The van der Waals surface area contributed by atoms with Crippen LogP contribution in [0.25, 0.3) is 0 Å². The van der Waals surface area contributed by atoms with E-state index in [1.807, 2.05) is 6.92 Å². The molecule has 33 heavy (non-hydrogen) atoms. The largest absolute Gasteiger partial charge is 0.466 e. The first kappa shape index (κ1) is 31.9. The fraction of sp³-hybridized carbons (Fsp3) is 0.929. The first-order valence-electron chi connectivity index (χ1n) is 13.8. The van der Waals surface area contributed by atoms with E-state index in [4.69, 9.17) is 14.2 Å². The molecule has 0 bridgehead atoms. The Kier molecular flexibility index (Phi) is 23.2. The van der Waals surface area contributed by atoms with Gasteiger partial charge in [0.15, 0.2) is 0 Å². The predicted molar refractivity (Wildman–Crippen MR) is 136 cm³/mol. The second-order valence-corrected chi connectivity index (χ2v) is 9.62. The highest BCUT2D eigenvalue weighted by Crippen LogP contribution is 2.14. The average molecular weight is 471 g/mol. The van der Waals surface area contributed by atoms with E-state index < -0.39 is 0 Å². The van der Waals surface area contributed by atoms with Gasteiger partial charge in [0.25, 0.3) is 0 Å². The summed E-state index contributed by atoms with van der Waals surface area (Å²) in [5.41, 5.74) is 0. The summed E-state index contributed by atoms with van der Waals surface area (Å²) < 4.78 is 15.9. The first-order chi connectivity index (χ1) is 16.0. The van der Waals surface area contributed by atoms with E-state index in [2.05, 4.69) is 13.8 Å². The average Bonchev–Trinajstić information content (AvgIpc) is 2.80. The molecule has 0 N–H and O–H groups in total. The summed E-state index contributed by atoms with van der Waals surface area (Å²) in [6, 6.07) is 0. The van der Waals surface area contributed by atoms with Crippen molar-refractivity contribution in [1.29, 1.82) is 0 Å². The molecule has 0 aromatic heterocycles. The predicted octanol–water partition coefficient (Wildman–Crippen LogP) is 7.79. The van der Waals surface area contributed by atoms with Crippen LogP contribution >= 0.6 is 0 Å². The number of esters is 2. The third-order valence-corrected chi connectivity index (χ3v) is 6.42. The van der Waals surface area contributed by atoms with Crippen LogP contribution in [0.3, 0.4) is 0 Å². The number of carbonyl (C=O) groups is 2. The number of unbranched alkanes of at least 4 members (excludes halogenated alkanes) is 13. The van der Waals surface area contributed by atoms with Crippen LogP contribution in [0, 0.1) is 5.92 Å². The standard InChI is InChI=1S/C28H54O5/c1-5-6-7-8-9-10-11-12-13-14-15-19-23-32-27(29)20-17-16-18-21-28(30)33-26(3)25(2)22-24-31-4/h25-26H,5-24H2,1-4H3. The maximum Gasteiger partial charge on any atom is 0.306 e. The second-order valence-electron chi connectivity index (χ2n) is 9.62. The van der Waals surface area contributed by atoms with Crippen LogP contribution in [0.4, 0.5) is 0 Å². The molecule has 0 spiro atoms. The van der Waals surface area contributed by atoms with E-state index in [0.717, 1.165) is 38.5 Å². The molecule has 0 aliphatic heterocycles. The minimum Gasteiger partial charge on any atom is -0.466 e. The molecule has 0 fully saturated rings. The summed E-state index contributed by atoms with van der Waals surface area (Å²) in [6.07, 6.45) is 19.7. The van der Waals surface area contributed by atoms with E-state index in [1.54, 1.807) is 7.11 Å². The molecule has 2 unspecified atom stereocenters. The fourth-order valence-electron chi connectivity index (χ4n) is 3.84. The van der Waals surface area contributed by atoms with Crippen LogP contribution in [0.5, 0.6) is 0 Å². The molecule has 196 valence electrons. The second kappa shape index (κ2) is 24.0. The molecule has 0 radical (unpaired) electrons. The Labute approximate surface area is 204 Å². The van der Waals surface area contributed by atoms with E-state index in [-0.39, 0.29) is 24.0 Å². The van der Waals surface area contributed by atoms with E-state index in [1.165, 1.54) is 64.2 Å². The molecule has 5 nitrogen and oxygen atoms in total. The summed E-state index contributed by atoms with van der Waals surface area (Å²) in [7, 11) is 1.68. The minimum atomic E-state index is -0.152. The molecule has 0 aromatic rings. The summed E-state index contributed by atoms with van der Waals surface area (Å²) in [5.74, 6) is 0.0244. The molecule has 0 rings (SSSR count). The zero-order valence-electron chi connectivity index (χ0n) is 22.3. The van der Waals surface area contributed by atoms with Crippen molar-refractivity contribution in [3.8, 4) is 0 Å². The van der Waals surface area contributed by atoms with Gasteiger partial charge in [-0.25, -0.2) is 0 Å². The van der Waals surface area contributed by atoms with Crippen LogP contribution in [-0.2, 0) is 23.8 Å². The highest BCUT2D eigenvalue weighted by atomic mass is 16.5. The van der Waals surface area contributed by atoms with Crippen LogP contribution in [0.2, 0.25) is 0 Å². The molecule has 0 aliphatic carbocycles. The monoisotopic (exact) mass is 470 g/mol. The number of hydrogen-bond acceptors (Lipinski definition) is 5. The van der Waals surface area contributed by atoms with Crippen LogP contribution in [-0.4, -0.2) is 38.4 Å². The van der Waals surface area contributed by atoms with Gasteiger partial charge in [-0.15, -0.1) is 0 Å². The Bertz CT molecular complexity index is 452. The number of ether oxygens (including phenoxy) is 3. The van der Waals surface area contributed by atoms with Gasteiger partial charge in [-0.1, -0.05) is 90.9 Å². The van der Waals surface area contributed by atoms with Gasteiger partial charge in [0, 0.05) is 26.6 Å². The molecule has 0 aromatic carbocycles. The highest BCUT2D eigenvalue weighted by molar-refractivity contribution is 5.70. The molecule has 0 aliphatic rings.